The average molecular weight is 590 g/mol. The van der Waals surface area contributed by atoms with Crippen LogP contribution in [0.1, 0.15) is 32.8 Å². The minimum atomic E-state index is -1.17. The molecule has 3 atom stereocenters. The quantitative estimate of drug-likeness (QED) is 0.403. The monoisotopic (exact) mass is 589 g/mol. The number of fused-ring (bicyclic) bond motifs is 2. The predicted molar refractivity (Wildman–Crippen MR) is 157 cm³/mol. The average Bonchev–Trinajstić information content (AvgIpc) is 3.36. The van der Waals surface area contributed by atoms with Gasteiger partial charge in [-0.3, -0.25) is 14.4 Å². The highest BCUT2D eigenvalue weighted by Crippen LogP contribution is 2.32. The first-order valence-corrected chi connectivity index (χ1v) is 14.1. The SMILES string of the molecule is COC(=O)CN1C[C@H]([C@H](Cc2c[nH]c3ccccc23)NC(=O)OC(C)(C)C)N2C(=O)N(c3ccccc3)C(=O)C[C@H]2C1=O. The molecular formula is C31H35N5O7. The van der Waals surface area contributed by atoms with Crippen molar-refractivity contribution in [1.29, 1.82) is 0 Å². The highest BCUT2D eigenvalue weighted by atomic mass is 16.6. The highest BCUT2D eigenvalue weighted by Gasteiger charge is 2.53. The Morgan fingerprint density at radius 2 is 1.74 bits per heavy atom. The number of amides is 5. The van der Waals surface area contributed by atoms with Crippen molar-refractivity contribution < 1.29 is 33.4 Å². The molecule has 2 aromatic carbocycles. The van der Waals surface area contributed by atoms with Crippen molar-refractivity contribution in [3.8, 4) is 0 Å². The van der Waals surface area contributed by atoms with Crippen LogP contribution in [0.4, 0.5) is 15.3 Å². The third-order valence-corrected chi connectivity index (χ3v) is 7.57. The molecule has 0 aliphatic carbocycles. The summed E-state index contributed by atoms with van der Waals surface area (Å²) in [6.45, 7) is 4.77. The molecule has 2 fully saturated rings. The van der Waals surface area contributed by atoms with Gasteiger partial charge >= 0.3 is 18.1 Å². The van der Waals surface area contributed by atoms with E-state index < -0.39 is 53.6 Å². The minimum Gasteiger partial charge on any atom is -0.468 e. The number of hydrogen-bond acceptors (Lipinski definition) is 7. The summed E-state index contributed by atoms with van der Waals surface area (Å²) in [6.07, 6.45) is 1.10. The van der Waals surface area contributed by atoms with E-state index in [1.54, 1.807) is 51.1 Å². The number of piperazine rings is 1. The van der Waals surface area contributed by atoms with Crippen LogP contribution in [0.5, 0.6) is 0 Å². The number of anilines is 1. The maximum atomic E-state index is 14.2. The minimum absolute atomic E-state index is 0.0875. The topological polar surface area (TPSA) is 141 Å². The number of rotatable bonds is 7. The van der Waals surface area contributed by atoms with Crippen LogP contribution in [0, 0.1) is 0 Å². The Morgan fingerprint density at radius 1 is 1.05 bits per heavy atom. The van der Waals surface area contributed by atoms with Crippen molar-refractivity contribution in [2.75, 3.05) is 25.1 Å². The number of esters is 1. The van der Waals surface area contributed by atoms with Gasteiger partial charge in [0.05, 0.1) is 31.3 Å². The molecule has 0 saturated carbocycles. The van der Waals surface area contributed by atoms with Gasteiger partial charge in [-0.25, -0.2) is 14.5 Å². The number of aromatic amines is 1. The Bertz CT molecular complexity index is 1550. The number of nitrogens with one attached hydrogen (secondary N) is 2. The van der Waals surface area contributed by atoms with Gasteiger partial charge in [-0.1, -0.05) is 36.4 Å². The number of benzene rings is 2. The fourth-order valence-corrected chi connectivity index (χ4v) is 5.70. The molecular weight excluding hydrogens is 554 g/mol. The van der Waals surface area contributed by atoms with Crippen molar-refractivity contribution >= 4 is 46.5 Å². The van der Waals surface area contributed by atoms with E-state index in [9.17, 15) is 24.0 Å². The molecule has 2 aliphatic heterocycles. The summed E-state index contributed by atoms with van der Waals surface area (Å²) < 4.78 is 10.4. The number of H-pyrrole nitrogens is 1. The van der Waals surface area contributed by atoms with E-state index in [0.717, 1.165) is 21.4 Å². The number of alkyl carbamates (subject to hydrolysis) is 1. The number of nitrogens with zero attached hydrogens (tertiary/aromatic N) is 3. The van der Waals surface area contributed by atoms with Crippen LogP contribution in [-0.2, 0) is 30.3 Å². The maximum Gasteiger partial charge on any atom is 0.407 e. The van der Waals surface area contributed by atoms with Gasteiger partial charge in [-0.15, -0.1) is 0 Å². The molecule has 3 heterocycles. The number of methoxy groups -OCH3 is 1. The Kier molecular flexibility index (Phi) is 8.12. The third-order valence-electron chi connectivity index (χ3n) is 7.57. The van der Waals surface area contributed by atoms with Crippen molar-refractivity contribution in [2.45, 2.75) is 57.3 Å². The molecule has 43 heavy (non-hydrogen) atoms. The van der Waals surface area contributed by atoms with E-state index >= 15 is 0 Å². The van der Waals surface area contributed by atoms with Crippen molar-refractivity contribution in [3.63, 3.8) is 0 Å². The van der Waals surface area contributed by atoms with Crippen LogP contribution in [0.15, 0.2) is 60.8 Å². The summed E-state index contributed by atoms with van der Waals surface area (Å²) >= 11 is 0. The van der Waals surface area contributed by atoms with E-state index in [4.69, 9.17) is 9.47 Å². The van der Waals surface area contributed by atoms with E-state index in [-0.39, 0.29) is 25.9 Å². The molecule has 12 heteroatoms. The molecule has 0 unspecified atom stereocenters. The maximum absolute atomic E-state index is 14.2. The van der Waals surface area contributed by atoms with Crippen molar-refractivity contribution in [1.82, 2.24) is 20.1 Å². The lowest BCUT2D eigenvalue weighted by Gasteiger charge is -2.51. The van der Waals surface area contributed by atoms with Crippen LogP contribution in [0.2, 0.25) is 0 Å². The Hall–Kier alpha value is -4.87. The van der Waals surface area contributed by atoms with Gasteiger partial charge in [0.15, 0.2) is 0 Å². The molecule has 2 aliphatic rings. The zero-order valence-corrected chi connectivity index (χ0v) is 24.5. The molecule has 5 rings (SSSR count). The predicted octanol–water partition coefficient (Wildman–Crippen LogP) is 3.22. The largest absolute Gasteiger partial charge is 0.468 e. The fraction of sp³-hybridized carbons (Fsp3) is 0.387. The van der Waals surface area contributed by atoms with E-state index in [1.165, 1.54) is 16.9 Å². The summed E-state index contributed by atoms with van der Waals surface area (Å²) in [5.41, 5.74) is 1.33. The molecule has 2 N–H and O–H groups in total. The van der Waals surface area contributed by atoms with Crippen LogP contribution >= 0.6 is 0 Å². The molecule has 2 saturated heterocycles. The first-order chi connectivity index (χ1) is 20.5. The molecule has 1 aromatic heterocycles. The van der Waals surface area contributed by atoms with E-state index in [1.807, 2.05) is 30.5 Å². The molecule has 0 bridgehead atoms. The Morgan fingerprint density at radius 3 is 2.44 bits per heavy atom. The lowest BCUT2D eigenvalue weighted by atomic mass is 9.91. The highest BCUT2D eigenvalue weighted by molar-refractivity contribution is 6.18. The number of imide groups is 1. The van der Waals surface area contributed by atoms with Crippen LogP contribution in [-0.4, -0.2) is 88.6 Å². The summed E-state index contributed by atoms with van der Waals surface area (Å²) in [7, 11) is 1.22. The second kappa shape index (κ2) is 11.8. The molecule has 0 spiro atoms. The second-order valence-electron chi connectivity index (χ2n) is 11.7. The number of ether oxygens (including phenoxy) is 2. The van der Waals surface area contributed by atoms with Crippen molar-refractivity contribution in [2.24, 2.45) is 0 Å². The number of hydrogen-bond donors (Lipinski definition) is 2. The molecule has 5 amide bonds. The number of urea groups is 1. The van der Waals surface area contributed by atoms with Gasteiger partial charge in [0.25, 0.3) is 0 Å². The Balaban J connectivity index is 1.58. The first kappa shape index (κ1) is 29.6. The smallest absolute Gasteiger partial charge is 0.407 e. The molecule has 226 valence electrons. The van der Waals surface area contributed by atoms with Gasteiger partial charge in [0, 0.05) is 23.6 Å². The number of aromatic nitrogens is 1. The van der Waals surface area contributed by atoms with Gasteiger partial charge in [0.1, 0.15) is 18.2 Å². The normalized spacial score (nSPS) is 19.7. The zero-order chi connectivity index (χ0) is 30.9. The molecule has 3 aromatic rings. The fourth-order valence-electron chi connectivity index (χ4n) is 5.70. The summed E-state index contributed by atoms with van der Waals surface area (Å²) in [4.78, 5) is 73.6. The first-order valence-electron chi connectivity index (χ1n) is 14.1. The standard InChI is InChI=1S/C31H35N5O7/c1-31(2,3)43-29(40)33-23(14-19-16-32-22-13-9-8-12-21(19)22)25-17-34(18-27(38)42-4)28(39)24-15-26(37)35(30(41)36(24)25)20-10-6-5-7-11-20/h5-13,16,23-25,32H,14-15,17-18H2,1-4H3,(H,33,40)/t23-,24-,25+/m0/s1. The number of carbonyl (C=O) groups is 5. The van der Waals surface area contributed by atoms with Crippen LogP contribution in [0.25, 0.3) is 10.9 Å². The van der Waals surface area contributed by atoms with Gasteiger partial charge in [0.2, 0.25) is 11.8 Å². The molecule has 12 nitrogen and oxygen atoms in total. The van der Waals surface area contributed by atoms with Crippen LogP contribution in [0.3, 0.4) is 0 Å². The third kappa shape index (κ3) is 6.18. The summed E-state index contributed by atoms with van der Waals surface area (Å²) in [6, 6.07) is 12.7. The number of carbonyl (C=O) groups excluding carboxylic acids is 5. The van der Waals surface area contributed by atoms with E-state index in [0.29, 0.717) is 5.69 Å². The summed E-state index contributed by atoms with van der Waals surface area (Å²) in [5.74, 6) is -1.73. The Labute approximate surface area is 248 Å². The molecule has 0 radical (unpaired) electrons. The number of para-hydroxylation sites is 2. The summed E-state index contributed by atoms with van der Waals surface area (Å²) in [5, 5.41) is 3.87. The lowest BCUT2D eigenvalue weighted by Crippen LogP contribution is -2.74. The lowest BCUT2D eigenvalue weighted by molar-refractivity contribution is -0.154. The van der Waals surface area contributed by atoms with Gasteiger partial charge in [-0.2, -0.15) is 0 Å². The van der Waals surface area contributed by atoms with Gasteiger partial charge < -0.3 is 29.6 Å². The van der Waals surface area contributed by atoms with Crippen molar-refractivity contribution in [3.05, 3.63) is 66.4 Å². The van der Waals surface area contributed by atoms with Crippen LogP contribution < -0.4 is 10.2 Å². The van der Waals surface area contributed by atoms with Gasteiger partial charge in [-0.05, 0) is 51.0 Å². The van der Waals surface area contributed by atoms with E-state index in [2.05, 4.69) is 10.3 Å². The second-order valence-corrected chi connectivity index (χ2v) is 11.7. The zero-order valence-electron chi connectivity index (χ0n) is 24.5.